The van der Waals surface area contributed by atoms with E-state index in [1.54, 1.807) is 19.2 Å². The number of carbonyl (C=O) groups excluding carboxylic acids is 1. The Morgan fingerprint density at radius 3 is 3.00 bits per heavy atom. The molecule has 1 atom stereocenters. The van der Waals surface area contributed by atoms with E-state index in [1.165, 1.54) is 0 Å². The first kappa shape index (κ1) is 8.76. The molecule has 0 N–H and O–H groups in total. The lowest BCUT2D eigenvalue weighted by Crippen LogP contribution is -2.05. The van der Waals surface area contributed by atoms with Gasteiger partial charge in [0.1, 0.15) is 11.7 Å². The van der Waals surface area contributed by atoms with Gasteiger partial charge in [0.05, 0.1) is 13.2 Å². The molecule has 14 heavy (non-hydrogen) atoms. The van der Waals surface area contributed by atoms with E-state index in [4.69, 9.17) is 10.00 Å². The van der Waals surface area contributed by atoms with Crippen LogP contribution in [0.1, 0.15) is 15.9 Å². The van der Waals surface area contributed by atoms with Crippen LogP contribution in [0.25, 0.3) is 0 Å². The van der Waals surface area contributed by atoms with E-state index >= 15 is 0 Å². The minimum atomic E-state index is -0.503. The van der Waals surface area contributed by atoms with E-state index in [2.05, 4.69) is 0 Å². The van der Waals surface area contributed by atoms with E-state index in [0.717, 1.165) is 11.3 Å². The first-order valence-electron chi connectivity index (χ1n) is 4.37. The van der Waals surface area contributed by atoms with E-state index in [9.17, 15) is 4.79 Å². The van der Waals surface area contributed by atoms with Crippen molar-refractivity contribution in [2.75, 3.05) is 7.11 Å². The van der Waals surface area contributed by atoms with Crippen LogP contribution in [0, 0.1) is 17.2 Å². The molecule has 0 aromatic heterocycles. The Hall–Kier alpha value is -1.82. The molecule has 1 aliphatic rings. The van der Waals surface area contributed by atoms with Crippen molar-refractivity contribution in [1.82, 2.24) is 0 Å². The summed E-state index contributed by atoms with van der Waals surface area (Å²) in [4.78, 5) is 11.6. The summed E-state index contributed by atoms with van der Waals surface area (Å²) in [6.45, 7) is 0. The second kappa shape index (κ2) is 3.15. The maximum absolute atomic E-state index is 11.6. The number of hydrogen-bond donors (Lipinski definition) is 0. The molecule has 1 aromatic carbocycles. The van der Waals surface area contributed by atoms with Crippen molar-refractivity contribution in [2.45, 2.75) is 6.42 Å². The Morgan fingerprint density at radius 1 is 1.57 bits per heavy atom. The molecule has 1 aromatic rings. The summed E-state index contributed by atoms with van der Waals surface area (Å²) in [7, 11) is 1.58. The summed E-state index contributed by atoms with van der Waals surface area (Å²) in [5.41, 5.74) is 1.58. The van der Waals surface area contributed by atoms with Crippen LogP contribution in [-0.2, 0) is 6.42 Å². The molecular weight excluding hydrogens is 178 g/mol. The summed E-state index contributed by atoms with van der Waals surface area (Å²) in [6.07, 6.45) is 0.516. The van der Waals surface area contributed by atoms with Gasteiger partial charge in [0, 0.05) is 5.56 Å². The number of ketones is 1. The van der Waals surface area contributed by atoms with Gasteiger partial charge < -0.3 is 4.74 Å². The Bertz CT molecular complexity index is 431. The minimum Gasteiger partial charge on any atom is -0.497 e. The number of hydrogen-bond acceptors (Lipinski definition) is 3. The molecule has 0 saturated carbocycles. The van der Waals surface area contributed by atoms with Gasteiger partial charge in [-0.1, -0.05) is 0 Å². The monoisotopic (exact) mass is 187 g/mol. The fraction of sp³-hybridized carbons (Fsp3) is 0.273. The highest BCUT2D eigenvalue weighted by atomic mass is 16.5. The molecule has 0 bridgehead atoms. The molecule has 0 amide bonds. The normalized spacial score (nSPS) is 18.9. The van der Waals surface area contributed by atoms with Gasteiger partial charge in [-0.15, -0.1) is 0 Å². The quantitative estimate of drug-likeness (QED) is 0.670. The lowest BCUT2D eigenvalue weighted by atomic mass is 10.1. The molecule has 0 spiro atoms. The number of Topliss-reactive ketones (excluding diaryl/α,β-unsaturated/α-hetero) is 1. The van der Waals surface area contributed by atoms with Gasteiger partial charge in [-0.25, -0.2) is 0 Å². The van der Waals surface area contributed by atoms with Crippen molar-refractivity contribution in [1.29, 1.82) is 5.26 Å². The lowest BCUT2D eigenvalue weighted by Gasteiger charge is -2.01. The topological polar surface area (TPSA) is 50.1 Å². The third-order valence-corrected chi connectivity index (χ3v) is 2.47. The first-order valence-corrected chi connectivity index (χ1v) is 4.37. The third-order valence-electron chi connectivity index (χ3n) is 2.47. The molecular formula is C11H9NO2. The zero-order valence-corrected chi connectivity index (χ0v) is 7.78. The number of methoxy groups -OCH3 is 1. The highest BCUT2D eigenvalue weighted by molar-refractivity contribution is 6.03. The Labute approximate surface area is 81.9 Å². The molecule has 0 radical (unpaired) electrons. The molecule has 2 rings (SSSR count). The Morgan fingerprint density at radius 2 is 2.36 bits per heavy atom. The van der Waals surface area contributed by atoms with Crippen molar-refractivity contribution in [2.24, 2.45) is 5.92 Å². The summed E-state index contributed by atoms with van der Waals surface area (Å²) in [5.74, 6) is 0.164. The molecule has 3 nitrogen and oxygen atoms in total. The molecule has 0 fully saturated rings. The van der Waals surface area contributed by atoms with Crippen LogP contribution >= 0.6 is 0 Å². The van der Waals surface area contributed by atoms with E-state index in [1.807, 2.05) is 12.1 Å². The van der Waals surface area contributed by atoms with Crippen molar-refractivity contribution in [3.05, 3.63) is 29.3 Å². The van der Waals surface area contributed by atoms with Gasteiger partial charge in [0.15, 0.2) is 5.78 Å². The van der Waals surface area contributed by atoms with Crippen molar-refractivity contribution in [3.8, 4) is 11.8 Å². The number of nitriles is 1. The number of ether oxygens (including phenoxy) is 1. The average Bonchev–Trinajstić information content (AvgIpc) is 2.55. The smallest absolute Gasteiger partial charge is 0.180 e. The zero-order chi connectivity index (χ0) is 10.1. The van der Waals surface area contributed by atoms with Crippen LogP contribution in [0.2, 0.25) is 0 Å². The fourth-order valence-electron chi connectivity index (χ4n) is 1.71. The lowest BCUT2D eigenvalue weighted by molar-refractivity contribution is 0.0963. The first-order chi connectivity index (χ1) is 6.76. The largest absolute Gasteiger partial charge is 0.497 e. The number of benzene rings is 1. The third kappa shape index (κ3) is 1.16. The van der Waals surface area contributed by atoms with Gasteiger partial charge in [-0.3, -0.25) is 4.79 Å². The predicted octanol–water partition coefficient (Wildman–Crippen LogP) is 1.57. The van der Waals surface area contributed by atoms with Crippen LogP contribution in [0.3, 0.4) is 0 Å². The molecule has 0 heterocycles. The van der Waals surface area contributed by atoms with Crippen LogP contribution in [0.4, 0.5) is 0 Å². The fourth-order valence-corrected chi connectivity index (χ4v) is 1.71. The standard InChI is InChI=1S/C11H9NO2/c1-14-9-2-3-10-7(5-9)4-8(6-12)11(10)13/h2-3,5,8H,4H2,1H3. The van der Waals surface area contributed by atoms with Crippen LogP contribution in [0.15, 0.2) is 18.2 Å². The SMILES string of the molecule is COc1ccc2c(c1)CC(C#N)C2=O. The van der Waals surface area contributed by atoms with E-state index in [-0.39, 0.29) is 5.78 Å². The van der Waals surface area contributed by atoms with Gasteiger partial charge in [-0.2, -0.15) is 5.26 Å². The van der Waals surface area contributed by atoms with Gasteiger partial charge in [0.25, 0.3) is 0 Å². The van der Waals surface area contributed by atoms with Crippen molar-refractivity contribution >= 4 is 5.78 Å². The Kier molecular flexibility index (Phi) is 1.97. The average molecular weight is 187 g/mol. The molecule has 1 unspecified atom stereocenters. The predicted molar refractivity (Wildman–Crippen MR) is 50.1 cm³/mol. The van der Waals surface area contributed by atoms with Crippen LogP contribution < -0.4 is 4.74 Å². The second-order valence-electron chi connectivity index (χ2n) is 3.27. The molecule has 3 heteroatoms. The highest BCUT2D eigenvalue weighted by Crippen LogP contribution is 2.29. The maximum atomic E-state index is 11.6. The van der Waals surface area contributed by atoms with E-state index in [0.29, 0.717) is 12.0 Å². The molecule has 0 aliphatic heterocycles. The number of nitrogens with zero attached hydrogens (tertiary/aromatic N) is 1. The minimum absolute atomic E-state index is 0.0647. The van der Waals surface area contributed by atoms with Gasteiger partial charge in [-0.05, 0) is 30.2 Å². The van der Waals surface area contributed by atoms with Crippen molar-refractivity contribution < 1.29 is 9.53 Å². The molecule has 1 aliphatic carbocycles. The number of fused-ring (bicyclic) bond motifs is 1. The van der Waals surface area contributed by atoms with Crippen LogP contribution in [-0.4, -0.2) is 12.9 Å². The second-order valence-corrected chi connectivity index (χ2v) is 3.27. The summed E-state index contributed by atoms with van der Waals surface area (Å²) in [6, 6.07) is 7.31. The van der Waals surface area contributed by atoms with Gasteiger partial charge in [0.2, 0.25) is 0 Å². The zero-order valence-electron chi connectivity index (χ0n) is 7.78. The summed E-state index contributed by atoms with van der Waals surface area (Å²) < 4.78 is 5.05. The van der Waals surface area contributed by atoms with Crippen LogP contribution in [0.5, 0.6) is 5.75 Å². The maximum Gasteiger partial charge on any atom is 0.180 e. The van der Waals surface area contributed by atoms with Gasteiger partial charge >= 0.3 is 0 Å². The molecule has 0 saturated heterocycles. The highest BCUT2D eigenvalue weighted by Gasteiger charge is 2.30. The summed E-state index contributed by atoms with van der Waals surface area (Å²) in [5, 5.41) is 8.73. The summed E-state index contributed by atoms with van der Waals surface area (Å²) >= 11 is 0. The number of rotatable bonds is 1. The molecule has 70 valence electrons. The van der Waals surface area contributed by atoms with Crippen molar-refractivity contribution in [3.63, 3.8) is 0 Å². The Balaban J connectivity index is 2.45. The number of carbonyl (C=O) groups is 1. The van der Waals surface area contributed by atoms with E-state index < -0.39 is 5.92 Å².